The molecule has 1 fully saturated rings. The summed E-state index contributed by atoms with van der Waals surface area (Å²) in [4.78, 5) is 0. The van der Waals surface area contributed by atoms with Gasteiger partial charge in [-0.3, -0.25) is 0 Å². The highest BCUT2D eigenvalue weighted by atomic mass is 79.9. The van der Waals surface area contributed by atoms with Crippen LogP contribution in [0.2, 0.25) is 0 Å². The van der Waals surface area contributed by atoms with E-state index in [1.54, 1.807) is 0 Å². The van der Waals surface area contributed by atoms with Crippen LogP contribution in [0.5, 0.6) is 0 Å². The summed E-state index contributed by atoms with van der Waals surface area (Å²) in [6.45, 7) is 1.14. The fourth-order valence-corrected chi connectivity index (χ4v) is 2.61. The molecule has 1 unspecified atom stereocenters. The lowest BCUT2D eigenvalue weighted by atomic mass is 9.73. The van der Waals surface area contributed by atoms with Gasteiger partial charge in [0.1, 0.15) is 0 Å². The minimum Gasteiger partial charge on any atom is -0.395 e. The average Bonchev–Trinajstić information content (AvgIpc) is 2.19. The van der Waals surface area contributed by atoms with E-state index in [2.05, 4.69) is 15.9 Å². The van der Waals surface area contributed by atoms with E-state index in [0.29, 0.717) is 13.2 Å². The SMILES string of the molecule is NC(CO)C1(c2ccccc2Br)COC1. The van der Waals surface area contributed by atoms with Gasteiger partial charge in [-0.15, -0.1) is 0 Å². The summed E-state index contributed by atoms with van der Waals surface area (Å²) in [5, 5.41) is 9.19. The molecule has 1 saturated heterocycles. The predicted molar refractivity (Wildman–Crippen MR) is 61.7 cm³/mol. The van der Waals surface area contributed by atoms with Crippen molar-refractivity contribution in [3.05, 3.63) is 34.3 Å². The molecule has 0 radical (unpaired) electrons. The number of hydrogen-bond donors (Lipinski definition) is 2. The Bertz CT molecular complexity index is 352. The third-order valence-corrected chi connectivity index (χ3v) is 3.73. The van der Waals surface area contributed by atoms with Crippen LogP contribution >= 0.6 is 15.9 Å². The maximum Gasteiger partial charge on any atom is 0.0604 e. The fourth-order valence-electron chi connectivity index (χ4n) is 1.93. The van der Waals surface area contributed by atoms with Crippen LogP contribution in [0.25, 0.3) is 0 Å². The van der Waals surface area contributed by atoms with Crippen LogP contribution in [0.1, 0.15) is 5.56 Å². The van der Waals surface area contributed by atoms with Crippen molar-refractivity contribution in [2.75, 3.05) is 19.8 Å². The van der Waals surface area contributed by atoms with E-state index in [1.165, 1.54) is 0 Å². The van der Waals surface area contributed by atoms with Gasteiger partial charge in [0, 0.05) is 10.5 Å². The number of hydrogen-bond acceptors (Lipinski definition) is 3. The van der Waals surface area contributed by atoms with E-state index in [0.717, 1.165) is 10.0 Å². The summed E-state index contributed by atoms with van der Waals surface area (Å²) in [5.41, 5.74) is 6.86. The third-order valence-electron chi connectivity index (χ3n) is 3.04. The lowest BCUT2D eigenvalue weighted by Gasteiger charge is -2.46. The van der Waals surface area contributed by atoms with Crippen molar-refractivity contribution >= 4 is 15.9 Å². The smallest absolute Gasteiger partial charge is 0.0604 e. The lowest BCUT2D eigenvalue weighted by Crippen LogP contribution is -2.60. The lowest BCUT2D eigenvalue weighted by molar-refractivity contribution is -0.0801. The number of benzene rings is 1. The Hall–Kier alpha value is -0.420. The largest absolute Gasteiger partial charge is 0.395 e. The Morgan fingerprint density at radius 1 is 1.47 bits per heavy atom. The van der Waals surface area contributed by atoms with E-state index in [9.17, 15) is 5.11 Å². The van der Waals surface area contributed by atoms with Gasteiger partial charge in [0.15, 0.2) is 0 Å². The van der Waals surface area contributed by atoms with Gasteiger partial charge in [0.2, 0.25) is 0 Å². The molecule has 15 heavy (non-hydrogen) atoms. The molecular weight excluding hydrogens is 258 g/mol. The second kappa shape index (κ2) is 4.22. The summed E-state index contributed by atoms with van der Waals surface area (Å²) in [5.74, 6) is 0. The summed E-state index contributed by atoms with van der Waals surface area (Å²) in [7, 11) is 0. The maximum atomic E-state index is 9.19. The molecule has 0 aromatic heterocycles. The highest BCUT2D eigenvalue weighted by Crippen LogP contribution is 2.38. The molecule has 1 aliphatic rings. The van der Waals surface area contributed by atoms with Crippen LogP contribution in [0.3, 0.4) is 0 Å². The van der Waals surface area contributed by atoms with Gasteiger partial charge in [0.25, 0.3) is 0 Å². The van der Waals surface area contributed by atoms with Crippen LogP contribution in [-0.4, -0.2) is 31.0 Å². The Labute approximate surface area is 97.4 Å². The first kappa shape index (κ1) is 11.1. The van der Waals surface area contributed by atoms with Gasteiger partial charge in [-0.25, -0.2) is 0 Å². The summed E-state index contributed by atoms with van der Waals surface area (Å²) in [6, 6.07) is 7.68. The summed E-state index contributed by atoms with van der Waals surface area (Å²) >= 11 is 3.51. The van der Waals surface area contributed by atoms with Crippen molar-refractivity contribution in [3.63, 3.8) is 0 Å². The van der Waals surface area contributed by atoms with Crippen LogP contribution in [0, 0.1) is 0 Å². The number of halogens is 1. The zero-order valence-electron chi connectivity index (χ0n) is 8.32. The Balaban J connectivity index is 2.38. The fraction of sp³-hybridized carbons (Fsp3) is 0.455. The van der Waals surface area contributed by atoms with Gasteiger partial charge >= 0.3 is 0 Å². The normalized spacial score (nSPS) is 20.7. The molecule has 0 spiro atoms. The van der Waals surface area contributed by atoms with Gasteiger partial charge in [-0.05, 0) is 11.6 Å². The van der Waals surface area contributed by atoms with Crippen molar-refractivity contribution in [3.8, 4) is 0 Å². The zero-order chi connectivity index (χ0) is 10.9. The van der Waals surface area contributed by atoms with E-state index in [-0.39, 0.29) is 18.1 Å². The molecule has 2 rings (SSSR count). The molecule has 1 atom stereocenters. The molecule has 0 bridgehead atoms. The topological polar surface area (TPSA) is 55.5 Å². The number of rotatable bonds is 3. The molecule has 1 aromatic carbocycles. The summed E-state index contributed by atoms with van der Waals surface area (Å²) < 4.78 is 6.28. The van der Waals surface area contributed by atoms with Crippen LogP contribution in [0.15, 0.2) is 28.7 Å². The highest BCUT2D eigenvalue weighted by Gasteiger charge is 2.46. The minimum atomic E-state index is -0.273. The third kappa shape index (κ3) is 1.72. The monoisotopic (exact) mass is 271 g/mol. The van der Waals surface area contributed by atoms with E-state index >= 15 is 0 Å². The van der Waals surface area contributed by atoms with Crippen molar-refractivity contribution in [2.24, 2.45) is 5.73 Å². The number of nitrogens with two attached hydrogens (primary N) is 1. The molecule has 1 aromatic rings. The Kier molecular flexibility index (Phi) is 3.11. The van der Waals surface area contributed by atoms with Crippen molar-refractivity contribution in [1.29, 1.82) is 0 Å². The van der Waals surface area contributed by atoms with E-state index < -0.39 is 0 Å². The molecule has 0 aliphatic carbocycles. The predicted octanol–water partition coefficient (Wildman–Crippen LogP) is 1.04. The maximum absolute atomic E-state index is 9.19. The highest BCUT2D eigenvalue weighted by molar-refractivity contribution is 9.10. The van der Waals surface area contributed by atoms with Crippen LogP contribution in [0.4, 0.5) is 0 Å². The second-order valence-electron chi connectivity index (χ2n) is 3.92. The molecule has 1 heterocycles. The van der Waals surface area contributed by atoms with Crippen molar-refractivity contribution in [2.45, 2.75) is 11.5 Å². The standard InChI is InChI=1S/C11H14BrNO2/c12-9-4-2-1-3-8(9)11(6-15-7-11)10(13)5-14/h1-4,10,14H,5-7,13H2. The van der Waals surface area contributed by atoms with E-state index in [1.807, 2.05) is 24.3 Å². The van der Waals surface area contributed by atoms with Crippen molar-refractivity contribution in [1.82, 2.24) is 0 Å². The molecule has 4 heteroatoms. The molecule has 3 nitrogen and oxygen atoms in total. The molecule has 0 amide bonds. The van der Waals surface area contributed by atoms with Crippen molar-refractivity contribution < 1.29 is 9.84 Å². The zero-order valence-corrected chi connectivity index (χ0v) is 9.90. The van der Waals surface area contributed by atoms with Gasteiger partial charge in [-0.2, -0.15) is 0 Å². The summed E-state index contributed by atoms with van der Waals surface area (Å²) in [6.07, 6.45) is 0. The molecule has 1 aliphatic heterocycles. The molecule has 82 valence electrons. The quantitative estimate of drug-likeness (QED) is 0.864. The van der Waals surface area contributed by atoms with Crippen LogP contribution < -0.4 is 5.73 Å². The van der Waals surface area contributed by atoms with Gasteiger partial charge in [0.05, 0.1) is 25.2 Å². The van der Waals surface area contributed by atoms with Gasteiger partial charge in [-0.1, -0.05) is 34.1 Å². The molecule has 0 saturated carbocycles. The first-order chi connectivity index (χ1) is 7.20. The average molecular weight is 272 g/mol. The first-order valence-electron chi connectivity index (χ1n) is 4.90. The van der Waals surface area contributed by atoms with E-state index in [4.69, 9.17) is 10.5 Å². The first-order valence-corrected chi connectivity index (χ1v) is 5.69. The minimum absolute atomic E-state index is 0.0231. The number of ether oxygens (including phenoxy) is 1. The Morgan fingerprint density at radius 3 is 2.60 bits per heavy atom. The van der Waals surface area contributed by atoms with Crippen LogP contribution in [-0.2, 0) is 10.2 Å². The molecular formula is C11H14BrNO2. The Morgan fingerprint density at radius 2 is 2.13 bits per heavy atom. The second-order valence-corrected chi connectivity index (χ2v) is 4.77. The number of aliphatic hydroxyl groups is 1. The van der Waals surface area contributed by atoms with Gasteiger partial charge < -0.3 is 15.6 Å². The molecule has 3 N–H and O–H groups in total. The number of aliphatic hydroxyl groups excluding tert-OH is 1.